The normalized spacial score (nSPS) is 18.3. The molecule has 5 atom stereocenters. The zero-order valence-electron chi connectivity index (χ0n) is 42.8. The lowest BCUT2D eigenvalue weighted by atomic mass is 9.84. The van der Waals surface area contributed by atoms with E-state index in [9.17, 15) is 29.4 Å². The average molecular weight is 962 g/mol. The van der Waals surface area contributed by atoms with E-state index in [0.717, 1.165) is 77.0 Å². The largest absolute Gasteiger partial charge is 0.391 e. The summed E-state index contributed by atoms with van der Waals surface area (Å²) in [5.74, 6) is -1.86. The number of unbranched alkanes of at least 4 members (excludes halogenated alkanes) is 3. The van der Waals surface area contributed by atoms with Crippen LogP contribution in [0.3, 0.4) is 0 Å². The van der Waals surface area contributed by atoms with E-state index >= 15 is 0 Å². The molecule has 0 saturated carbocycles. The van der Waals surface area contributed by atoms with E-state index in [1.54, 1.807) is 0 Å². The van der Waals surface area contributed by atoms with Gasteiger partial charge in [-0.05, 0) is 116 Å². The fraction of sp³-hybridized carbons (Fsp3) is 0.525. The Labute approximate surface area is 421 Å². The van der Waals surface area contributed by atoms with Gasteiger partial charge in [-0.1, -0.05) is 160 Å². The first-order valence-corrected chi connectivity index (χ1v) is 26.2. The van der Waals surface area contributed by atoms with Gasteiger partial charge in [0.25, 0.3) is 0 Å². The summed E-state index contributed by atoms with van der Waals surface area (Å²) in [7, 11) is 0. The van der Waals surface area contributed by atoms with Crippen LogP contribution in [0, 0.1) is 11.8 Å². The Morgan fingerprint density at radius 3 is 1.57 bits per heavy atom. The monoisotopic (exact) mass is 962 g/mol. The topological polar surface area (TPSA) is 170 Å². The number of aliphatic hydroxyl groups excluding tert-OH is 2. The summed E-state index contributed by atoms with van der Waals surface area (Å²) in [5, 5.41) is 28.4. The SMILES string of the molecule is CC/C=C\C/C=C\C/C=C\C/C=C\C/C=C\C/C=C\CCC(=O)CCCCC[C@H](NC(=O)CCC/C=C\C/C=C\C/C=C\C/C=C\C/C=C\CC)C(=O)NC1=NC2=NC[C@H]([C@@H](O)[C@H](C)O)CC2C(=O)N1. The summed E-state index contributed by atoms with van der Waals surface area (Å²) >= 11 is 0. The molecule has 2 rings (SSSR count). The number of nitrogens with zero attached hydrogens (tertiary/aromatic N) is 2. The second-order valence-corrected chi connectivity index (χ2v) is 17.7. The van der Waals surface area contributed by atoms with Gasteiger partial charge in [-0.3, -0.25) is 34.8 Å². The van der Waals surface area contributed by atoms with E-state index < -0.39 is 41.9 Å². The smallest absolute Gasteiger partial charge is 0.249 e. The average Bonchev–Trinajstić information content (AvgIpc) is 3.34. The van der Waals surface area contributed by atoms with E-state index in [2.05, 4.69) is 173 Å². The number of amidine groups is 1. The lowest BCUT2D eigenvalue weighted by molar-refractivity contribution is -0.128. The Morgan fingerprint density at radius 2 is 1.09 bits per heavy atom. The maximum atomic E-state index is 13.6. The predicted octanol–water partition coefficient (Wildman–Crippen LogP) is 11.8. The number of fused-ring (bicyclic) bond motifs is 1. The van der Waals surface area contributed by atoms with Crippen molar-refractivity contribution in [2.75, 3.05) is 6.54 Å². The van der Waals surface area contributed by atoms with Gasteiger partial charge >= 0.3 is 0 Å². The van der Waals surface area contributed by atoms with Gasteiger partial charge < -0.3 is 15.5 Å². The van der Waals surface area contributed by atoms with Gasteiger partial charge in [0.1, 0.15) is 17.7 Å². The molecule has 0 aromatic heterocycles. The lowest BCUT2D eigenvalue weighted by Gasteiger charge is -2.33. The molecule has 1 unspecified atom stereocenters. The molecule has 0 bridgehead atoms. The van der Waals surface area contributed by atoms with Crippen LogP contribution in [-0.2, 0) is 19.2 Å². The molecule has 384 valence electrons. The first-order chi connectivity index (χ1) is 34.2. The van der Waals surface area contributed by atoms with Crippen molar-refractivity contribution in [3.63, 3.8) is 0 Å². The van der Waals surface area contributed by atoms with Crippen molar-refractivity contribution in [1.29, 1.82) is 0 Å². The summed E-state index contributed by atoms with van der Waals surface area (Å²) in [5.41, 5.74) is 0. The van der Waals surface area contributed by atoms with Gasteiger partial charge in [0, 0.05) is 31.7 Å². The molecule has 0 spiro atoms. The summed E-state index contributed by atoms with van der Waals surface area (Å²) in [6.45, 7) is 5.97. The van der Waals surface area contributed by atoms with Crippen molar-refractivity contribution in [1.82, 2.24) is 16.0 Å². The molecule has 0 fully saturated rings. The Kier molecular flexibility index (Phi) is 35.7. The van der Waals surface area contributed by atoms with Crippen LogP contribution in [0.5, 0.6) is 0 Å². The van der Waals surface area contributed by atoms with E-state index in [-0.39, 0.29) is 42.9 Å². The number of guanidine groups is 1. The van der Waals surface area contributed by atoms with Crippen LogP contribution in [0.25, 0.3) is 0 Å². The summed E-state index contributed by atoms with van der Waals surface area (Å²) in [6, 6.07) is -0.874. The maximum Gasteiger partial charge on any atom is 0.249 e. The predicted molar refractivity (Wildman–Crippen MR) is 291 cm³/mol. The number of hydrogen-bond donors (Lipinski definition) is 5. The summed E-state index contributed by atoms with van der Waals surface area (Å²) in [4.78, 5) is 61.2. The van der Waals surface area contributed by atoms with Crippen LogP contribution in [0.2, 0.25) is 0 Å². The first kappa shape index (κ1) is 60.6. The van der Waals surface area contributed by atoms with Crippen molar-refractivity contribution in [3.8, 4) is 0 Å². The minimum absolute atomic E-state index is 0.0605. The van der Waals surface area contributed by atoms with Crippen LogP contribution in [-0.4, -0.2) is 70.3 Å². The standard InChI is InChI=1S/C59H87N5O6/c1-4-6-8-10-12-14-16-18-20-22-23-25-26-28-30-32-34-36-39-43-51(66)44-40-38-41-45-53(58(70)64-59-62-56-52(57(69)63-59)47-50(48-60-56)55(68)49(3)65)61-54(67)46-42-37-35-33-31-29-27-24-21-19-17-15-13-11-9-7-5-2/h6-9,12-15,18-21,23,25,27-30,33-36,49-50,52-53,55,65,68H,4-5,10-11,16-17,22,24,26,31-32,37-48H2,1-3H3,(H,61,67)(H2,60,62,63,64,69,70)/b8-6-,9-7-,14-12-,15-13-,20-18-,21-19-,25-23-,29-27-,30-28-,35-33-,36-34-/t49-,50+,52?,53-,55-/m0/s1. The highest BCUT2D eigenvalue weighted by Gasteiger charge is 2.39. The van der Waals surface area contributed by atoms with Crippen LogP contribution in [0.4, 0.5) is 0 Å². The number of aliphatic hydroxyl groups is 2. The van der Waals surface area contributed by atoms with Gasteiger partial charge in [-0.15, -0.1) is 0 Å². The highest BCUT2D eigenvalue weighted by atomic mass is 16.3. The van der Waals surface area contributed by atoms with Crippen molar-refractivity contribution in [2.45, 2.75) is 180 Å². The molecule has 2 heterocycles. The van der Waals surface area contributed by atoms with E-state index in [0.29, 0.717) is 51.4 Å². The molecule has 0 radical (unpaired) electrons. The fourth-order valence-electron chi connectivity index (χ4n) is 7.53. The molecule has 11 heteroatoms. The first-order valence-electron chi connectivity index (χ1n) is 26.2. The second kappa shape index (κ2) is 41.3. The Balaban J connectivity index is 1.78. The number of rotatable bonds is 37. The number of amides is 3. The number of hydrogen-bond acceptors (Lipinski definition) is 8. The molecule has 5 N–H and O–H groups in total. The minimum atomic E-state index is -1.02. The van der Waals surface area contributed by atoms with Crippen LogP contribution >= 0.6 is 0 Å². The van der Waals surface area contributed by atoms with Gasteiger partial charge in [-0.25, -0.2) is 0 Å². The van der Waals surface area contributed by atoms with E-state index in [1.807, 2.05) is 0 Å². The zero-order chi connectivity index (χ0) is 50.7. The highest BCUT2D eigenvalue weighted by molar-refractivity contribution is 6.19. The van der Waals surface area contributed by atoms with Crippen LogP contribution in [0.1, 0.15) is 162 Å². The maximum absolute atomic E-state index is 13.6. The van der Waals surface area contributed by atoms with Crippen molar-refractivity contribution in [3.05, 3.63) is 134 Å². The molecule has 11 nitrogen and oxygen atoms in total. The molecule has 2 aliphatic rings. The third kappa shape index (κ3) is 30.9. The van der Waals surface area contributed by atoms with Gasteiger partial charge in [0.05, 0.1) is 18.1 Å². The lowest BCUT2D eigenvalue weighted by Crippen LogP contribution is -2.56. The third-order valence-electron chi connectivity index (χ3n) is 11.6. The fourth-order valence-corrected chi connectivity index (χ4v) is 7.53. The van der Waals surface area contributed by atoms with E-state index in [4.69, 9.17) is 0 Å². The molecule has 70 heavy (non-hydrogen) atoms. The molecule has 2 aliphatic heterocycles. The van der Waals surface area contributed by atoms with Crippen LogP contribution < -0.4 is 16.0 Å². The van der Waals surface area contributed by atoms with Crippen molar-refractivity contribution < 1.29 is 29.4 Å². The highest BCUT2D eigenvalue weighted by Crippen LogP contribution is 2.27. The number of Topliss-reactive ketones (excluding diaryl/α,β-unsaturated/α-hetero) is 1. The van der Waals surface area contributed by atoms with Gasteiger partial charge in [0.15, 0.2) is 0 Å². The van der Waals surface area contributed by atoms with E-state index in [1.165, 1.54) is 6.92 Å². The molecule has 0 aromatic carbocycles. The molecule has 3 amide bonds. The molecule has 0 saturated heterocycles. The Hall–Kier alpha value is -5.52. The van der Waals surface area contributed by atoms with Gasteiger partial charge in [0.2, 0.25) is 23.7 Å². The summed E-state index contributed by atoms with van der Waals surface area (Å²) in [6.07, 6.45) is 61.8. The van der Waals surface area contributed by atoms with Crippen molar-refractivity contribution in [2.24, 2.45) is 21.8 Å². The number of ketones is 1. The van der Waals surface area contributed by atoms with Gasteiger partial charge in [-0.2, -0.15) is 4.99 Å². The molecular formula is C59H87N5O6. The quantitative estimate of drug-likeness (QED) is 0.0307. The molecular weight excluding hydrogens is 875 g/mol. The zero-order valence-corrected chi connectivity index (χ0v) is 42.8. The Bertz CT molecular complexity index is 1910. The number of allylic oxidation sites excluding steroid dienone is 22. The van der Waals surface area contributed by atoms with Crippen LogP contribution in [0.15, 0.2) is 144 Å². The molecule has 0 aliphatic carbocycles. The second-order valence-electron chi connectivity index (χ2n) is 17.7. The number of nitrogens with one attached hydrogen (secondary N) is 3. The summed E-state index contributed by atoms with van der Waals surface area (Å²) < 4.78 is 0. The number of aliphatic imine (C=N–C) groups is 2. The number of carbonyl (C=O) groups is 4. The minimum Gasteiger partial charge on any atom is -0.391 e. The molecule has 0 aromatic rings. The number of carbonyl (C=O) groups excluding carboxylic acids is 4. The third-order valence-corrected chi connectivity index (χ3v) is 11.6. The van der Waals surface area contributed by atoms with Crippen molar-refractivity contribution >= 4 is 35.3 Å². The Morgan fingerprint density at radius 1 is 0.614 bits per heavy atom.